The largest absolute Gasteiger partial charge is 0.489 e. The summed E-state index contributed by atoms with van der Waals surface area (Å²) in [6.07, 6.45) is 0. The highest BCUT2D eigenvalue weighted by Gasteiger charge is 2.05. The SMILES string of the molecule is CC.COC(=O)c1cccc(COc2ccccc2)c1. The maximum Gasteiger partial charge on any atom is 0.337 e. The molecule has 0 heterocycles. The van der Waals surface area contributed by atoms with Gasteiger partial charge < -0.3 is 9.47 Å². The Morgan fingerprint density at radius 3 is 2.35 bits per heavy atom. The Morgan fingerprint density at radius 2 is 1.70 bits per heavy atom. The van der Waals surface area contributed by atoms with Gasteiger partial charge in [-0.3, -0.25) is 0 Å². The minimum Gasteiger partial charge on any atom is -0.489 e. The lowest BCUT2D eigenvalue weighted by Gasteiger charge is -2.07. The first-order valence-corrected chi connectivity index (χ1v) is 6.64. The van der Waals surface area contributed by atoms with Crippen molar-refractivity contribution in [2.45, 2.75) is 20.5 Å². The molecule has 0 bridgehead atoms. The van der Waals surface area contributed by atoms with E-state index in [0.717, 1.165) is 11.3 Å². The lowest BCUT2D eigenvalue weighted by molar-refractivity contribution is 0.0600. The van der Waals surface area contributed by atoms with Crippen molar-refractivity contribution >= 4 is 5.97 Å². The minimum absolute atomic E-state index is 0.337. The molecule has 0 aromatic heterocycles. The highest BCUT2D eigenvalue weighted by Crippen LogP contribution is 2.13. The molecule has 20 heavy (non-hydrogen) atoms. The number of methoxy groups -OCH3 is 1. The van der Waals surface area contributed by atoms with Gasteiger partial charge in [0.25, 0.3) is 0 Å². The number of ether oxygens (including phenoxy) is 2. The van der Waals surface area contributed by atoms with Crippen LogP contribution in [0.15, 0.2) is 54.6 Å². The van der Waals surface area contributed by atoms with E-state index in [1.54, 1.807) is 12.1 Å². The summed E-state index contributed by atoms with van der Waals surface area (Å²) in [4.78, 5) is 11.4. The van der Waals surface area contributed by atoms with Crippen molar-refractivity contribution in [2.24, 2.45) is 0 Å². The molecule has 2 aromatic rings. The van der Waals surface area contributed by atoms with Crippen molar-refractivity contribution in [2.75, 3.05) is 7.11 Å². The van der Waals surface area contributed by atoms with Crippen LogP contribution in [0.4, 0.5) is 0 Å². The summed E-state index contributed by atoms with van der Waals surface area (Å²) in [7, 11) is 1.37. The molecule has 0 spiro atoms. The van der Waals surface area contributed by atoms with Crippen LogP contribution in [-0.4, -0.2) is 13.1 Å². The molecule has 0 aliphatic carbocycles. The third-order valence-corrected chi connectivity index (χ3v) is 2.50. The van der Waals surface area contributed by atoms with Gasteiger partial charge in [-0.2, -0.15) is 0 Å². The average molecular weight is 272 g/mol. The van der Waals surface area contributed by atoms with Crippen molar-refractivity contribution in [1.82, 2.24) is 0 Å². The van der Waals surface area contributed by atoms with Crippen molar-refractivity contribution in [3.8, 4) is 5.75 Å². The molecule has 0 unspecified atom stereocenters. The second-order valence-corrected chi connectivity index (χ2v) is 3.79. The Kier molecular flexibility index (Phi) is 6.90. The van der Waals surface area contributed by atoms with Crippen LogP contribution in [0, 0.1) is 0 Å². The van der Waals surface area contributed by atoms with Crippen LogP contribution in [0.1, 0.15) is 29.8 Å². The highest BCUT2D eigenvalue weighted by atomic mass is 16.5. The zero-order valence-electron chi connectivity index (χ0n) is 12.1. The predicted octanol–water partition coefficient (Wildman–Crippen LogP) is 4.08. The third kappa shape index (κ3) is 4.76. The number of carbonyl (C=O) groups is 1. The van der Waals surface area contributed by atoms with Crippen LogP contribution >= 0.6 is 0 Å². The van der Waals surface area contributed by atoms with Gasteiger partial charge in [0.2, 0.25) is 0 Å². The molecule has 0 N–H and O–H groups in total. The lowest BCUT2D eigenvalue weighted by Crippen LogP contribution is -2.03. The molecule has 0 aliphatic heterocycles. The van der Waals surface area contributed by atoms with Gasteiger partial charge in [0.05, 0.1) is 12.7 Å². The molecule has 2 aromatic carbocycles. The molecule has 0 atom stereocenters. The van der Waals surface area contributed by atoms with Crippen LogP contribution in [0.25, 0.3) is 0 Å². The fraction of sp³-hybridized carbons (Fsp3) is 0.235. The number of esters is 1. The Hall–Kier alpha value is -2.29. The zero-order valence-corrected chi connectivity index (χ0v) is 12.1. The molecule has 0 saturated carbocycles. The van der Waals surface area contributed by atoms with Crippen LogP contribution < -0.4 is 4.74 Å². The molecule has 106 valence electrons. The van der Waals surface area contributed by atoms with Gasteiger partial charge in [-0.05, 0) is 29.8 Å². The highest BCUT2D eigenvalue weighted by molar-refractivity contribution is 5.89. The van der Waals surface area contributed by atoms with Gasteiger partial charge >= 0.3 is 5.97 Å². The number of carbonyl (C=O) groups excluding carboxylic acids is 1. The Balaban J connectivity index is 0.000000956. The van der Waals surface area contributed by atoms with Crippen molar-refractivity contribution in [1.29, 1.82) is 0 Å². The van der Waals surface area contributed by atoms with Crippen molar-refractivity contribution < 1.29 is 14.3 Å². The molecule has 0 radical (unpaired) electrons. The van der Waals surface area contributed by atoms with Crippen LogP contribution in [0.2, 0.25) is 0 Å². The van der Waals surface area contributed by atoms with Crippen LogP contribution in [-0.2, 0) is 11.3 Å². The standard InChI is InChI=1S/C15H14O3.C2H6/c1-17-15(16)13-7-5-6-12(10-13)11-18-14-8-3-2-4-9-14;1-2/h2-10H,11H2,1H3;1-2H3. The third-order valence-electron chi connectivity index (χ3n) is 2.50. The van der Waals surface area contributed by atoms with Gasteiger partial charge in [0.15, 0.2) is 0 Å². The molecule has 2 rings (SSSR count). The average Bonchev–Trinajstić information content (AvgIpc) is 2.55. The topological polar surface area (TPSA) is 35.5 Å². The van der Waals surface area contributed by atoms with E-state index in [2.05, 4.69) is 4.74 Å². The molecular formula is C17H20O3. The van der Waals surface area contributed by atoms with E-state index < -0.39 is 0 Å². The Morgan fingerprint density at radius 1 is 1.00 bits per heavy atom. The number of rotatable bonds is 4. The van der Waals surface area contributed by atoms with E-state index in [-0.39, 0.29) is 5.97 Å². The van der Waals surface area contributed by atoms with E-state index in [1.807, 2.05) is 56.3 Å². The lowest BCUT2D eigenvalue weighted by atomic mass is 10.1. The fourth-order valence-electron chi connectivity index (χ4n) is 1.59. The van der Waals surface area contributed by atoms with Crippen molar-refractivity contribution in [3.05, 3.63) is 65.7 Å². The first-order chi connectivity index (χ1) is 9.79. The monoisotopic (exact) mass is 272 g/mol. The summed E-state index contributed by atoms with van der Waals surface area (Å²) in [5, 5.41) is 0. The Bertz CT molecular complexity index is 521. The Labute approximate surface area is 120 Å². The number of hydrogen-bond acceptors (Lipinski definition) is 3. The molecule has 3 heteroatoms. The fourth-order valence-corrected chi connectivity index (χ4v) is 1.59. The first kappa shape index (κ1) is 15.8. The van der Waals surface area contributed by atoms with Crippen LogP contribution in [0.3, 0.4) is 0 Å². The van der Waals surface area contributed by atoms with Gasteiger partial charge in [-0.25, -0.2) is 4.79 Å². The van der Waals surface area contributed by atoms with E-state index in [1.165, 1.54) is 7.11 Å². The normalized spacial score (nSPS) is 9.15. The second-order valence-electron chi connectivity index (χ2n) is 3.79. The summed E-state index contributed by atoms with van der Waals surface area (Å²) in [5.74, 6) is 0.470. The first-order valence-electron chi connectivity index (χ1n) is 6.64. The maximum absolute atomic E-state index is 11.4. The quantitative estimate of drug-likeness (QED) is 0.787. The van der Waals surface area contributed by atoms with E-state index in [0.29, 0.717) is 12.2 Å². The predicted molar refractivity (Wildman–Crippen MR) is 79.9 cm³/mol. The summed E-state index contributed by atoms with van der Waals surface area (Å²) in [6.45, 7) is 4.43. The van der Waals surface area contributed by atoms with E-state index in [4.69, 9.17) is 4.74 Å². The molecule has 0 amide bonds. The summed E-state index contributed by atoms with van der Waals surface area (Å²) < 4.78 is 10.3. The molecule has 0 aliphatic rings. The molecular weight excluding hydrogens is 252 g/mol. The maximum atomic E-state index is 11.4. The number of para-hydroxylation sites is 1. The molecule has 0 fully saturated rings. The molecule has 0 saturated heterocycles. The summed E-state index contributed by atoms with van der Waals surface area (Å²) in [6, 6.07) is 16.8. The van der Waals surface area contributed by atoms with Crippen molar-refractivity contribution in [3.63, 3.8) is 0 Å². The smallest absolute Gasteiger partial charge is 0.337 e. The van der Waals surface area contributed by atoms with Gasteiger partial charge in [-0.15, -0.1) is 0 Å². The van der Waals surface area contributed by atoms with Crippen LogP contribution in [0.5, 0.6) is 5.75 Å². The van der Waals surface area contributed by atoms with Gasteiger partial charge in [0, 0.05) is 0 Å². The number of benzene rings is 2. The minimum atomic E-state index is -0.337. The van der Waals surface area contributed by atoms with E-state index in [9.17, 15) is 4.79 Å². The zero-order chi connectivity index (χ0) is 14.8. The summed E-state index contributed by atoms with van der Waals surface area (Å²) >= 11 is 0. The van der Waals surface area contributed by atoms with Gasteiger partial charge in [-0.1, -0.05) is 44.2 Å². The second kappa shape index (κ2) is 8.75. The van der Waals surface area contributed by atoms with E-state index >= 15 is 0 Å². The molecule has 3 nitrogen and oxygen atoms in total. The summed E-state index contributed by atoms with van der Waals surface area (Å²) in [5.41, 5.74) is 1.47. The van der Waals surface area contributed by atoms with Gasteiger partial charge in [0.1, 0.15) is 12.4 Å². The number of hydrogen-bond donors (Lipinski definition) is 0.